The van der Waals surface area contributed by atoms with Crippen LogP contribution in [0.3, 0.4) is 0 Å². The van der Waals surface area contributed by atoms with Crippen molar-refractivity contribution in [2.24, 2.45) is 0 Å². The molecule has 4 nitrogen and oxygen atoms in total. The van der Waals surface area contributed by atoms with Crippen molar-refractivity contribution in [3.8, 4) is 5.69 Å². The Hall–Kier alpha value is -1.52. The quantitative estimate of drug-likeness (QED) is 0.853. The average Bonchev–Trinajstić information content (AvgIpc) is 2.63. The summed E-state index contributed by atoms with van der Waals surface area (Å²) in [5.74, 6) is 0.552. The molecule has 3 N–H and O–H groups in total. The van der Waals surface area contributed by atoms with Crippen LogP contribution in [-0.2, 0) is 6.42 Å². The summed E-state index contributed by atoms with van der Waals surface area (Å²) >= 11 is 5.80. The molecule has 16 heavy (non-hydrogen) atoms. The van der Waals surface area contributed by atoms with Crippen LogP contribution in [0.5, 0.6) is 0 Å². The molecule has 0 aliphatic heterocycles. The molecule has 0 atom stereocenters. The molecule has 2 aromatic rings. The lowest BCUT2D eigenvalue weighted by Crippen LogP contribution is -2.03. The van der Waals surface area contributed by atoms with E-state index in [4.69, 9.17) is 22.4 Å². The molecule has 0 fully saturated rings. The highest BCUT2D eigenvalue weighted by atomic mass is 35.5. The first-order chi connectivity index (χ1) is 7.72. The van der Waals surface area contributed by atoms with Gasteiger partial charge < -0.3 is 10.8 Å². The number of nitrogen functional groups attached to an aromatic ring is 1. The molecule has 0 unspecified atom stereocenters. The smallest absolute Gasteiger partial charge is 0.130 e. The third kappa shape index (κ3) is 2.03. The van der Waals surface area contributed by atoms with Crippen molar-refractivity contribution >= 4 is 17.4 Å². The van der Waals surface area contributed by atoms with Crippen LogP contribution < -0.4 is 5.73 Å². The van der Waals surface area contributed by atoms with E-state index in [1.54, 1.807) is 23.0 Å². The Morgan fingerprint density at radius 2 is 2.00 bits per heavy atom. The molecule has 1 aromatic carbocycles. The van der Waals surface area contributed by atoms with Gasteiger partial charge in [0.1, 0.15) is 5.82 Å². The lowest BCUT2D eigenvalue weighted by Gasteiger charge is -2.04. The minimum Gasteiger partial charge on any atom is -0.396 e. The fourth-order valence-corrected chi connectivity index (χ4v) is 1.62. The summed E-state index contributed by atoms with van der Waals surface area (Å²) in [6.07, 6.45) is 2.18. The van der Waals surface area contributed by atoms with Crippen molar-refractivity contribution in [2.45, 2.75) is 6.42 Å². The number of aliphatic hydroxyl groups excluding tert-OH is 1. The third-order valence-electron chi connectivity index (χ3n) is 2.34. The largest absolute Gasteiger partial charge is 0.396 e. The normalized spacial score (nSPS) is 10.6. The Morgan fingerprint density at radius 3 is 2.62 bits per heavy atom. The Balaban J connectivity index is 2.37. The minimum atomic E-state index is 0.0660. The lowest BCUT2D eigenvalue weighted by atomic mass is 10.2. The number of halogens is 1. The van der Waals surface area contributed by atoms with E-state index in [-0.39, 0.29) is 6.61 Å². The van der Waals surface area contributed by atoms with Crippen LogP contribution in [-0.4, -0.2) is 21.5 Å². The summed E-state index contributed by atoms with van der Waals surface area (Å²) in [5.41, 5.74) is 7.61. The van der Waals surface area contributed by atoms with Gasteiger partial charge in [-0.3, -0.25) is 0 Å². The second-order valence-electron chi connectivity index (χ2n) is 3.42. The monoisotopic (exact) mass is 237 g/mol. The zero-order valence-corrected chi connectivity index (χ0v) is 9.35. The van der Waals surface area contributed by atoms with Crippen molar-refractivity contribution in [3.63, 3.8) is 0 Å². The molecule has 0 radical (unpaired) electrons. The fourth-order valence-electron chi connectivity index (χ4n) is 1.49. The van der Waals surface area contributed by atoms with E-state index in [1.807, 2.05) is 12.1 Å². The summed E-state index contributed by atoms with van der Waals surface area (Å²) < 4.78 is 1.63. The van der Waals surface area contributed by atoms with Gasteiger partial charge in [0.05, 0.1) is 11.9 Å². The molecule has 84 valence electrons. The van der Waals surface area contributed by atoms with E-state index in [1.165, 1.54) is 0 Å². The predicted octanol–water partition coefficient (Wildman–Crippen LogP) is 1.64. The fraction of sp³-hybridized carbons (Fsp3) is 0.182. The van der Waals surface area contributed by atoms with Crippen LogP contribution in [0, 0.1) is 0 Å². The van der Waals surface area contributed by atoms with Gasteiger partial charge in [0, 0.05) is 23.6 Å². The summed E-state index contributed by atoms with van der Waals surface area (Å²) in [4.78, 5) is 0. The SMILES string of the molecule is Nc1c(CCO)cnn1-c1ccc(Cl)cc1. The topological polar surface area (TPSA) is 64.1 Å². The van der Waals surface area contributed by atoms with Crippen LogP contribution in [0.25, 0.3) is 5.69 Å². The lowest BCUT2D eigenvalue weighted by molar-refractivity contribution is 0.300. The van der Waals surface area contributed by atoms with Crippen LogP contribution >= 0.6 is 11.6 Å². The Labute approximate surface area is 98.3 Å². The molecular formula is C11H12ClN3O. The van der Waals surface area contributed by atoms with E-state index in [9.17, 15) is 0 Å². The number of aromatic nitrogens is 2. The Kier molecular flexibility index (Phi) is 3.12. The van der Waals surface area contributed by atoms with E-state index >= 15 is 0 Å². The number of benzene rings is 1. The zero-order valence-electron chi connectivity index (χ0n) is 8.60. The highest BCUT2D eigenvalue weighted by molar-refractivity contribution is 6.30. The number of nitrogens with zero attached hydrogens (tertiary/aromatic N) is 2. The van der Waals surface area contributed by atoms with Crippen LogP contribution in [0.1, 0.15) is 5.56 Å². The van der Waals surface area contributed by atoms with Crippen LogP contribution in [0.15, 0.2) is 30.5 Å². The molecular weight excluding hydrogens is 226 g/mol. The van der Waals surface area contributed by atoms with Gasteiger partial charge in [0.15, 0.2) is 0 Å². The predicted molar refractivity (Wildman–Crippen MR) is 63.8 cm³/mol. The van der Waals surface area contributed by atoms with Crippen LogP contribution in [0.4, 0.5) is 5.82 Å². The summed E-state index contributed by atoms with van der Waals surface area (Å²) in [7, 11) is 0. The molecule has 1 aromatic heterocycles. The number of anilines is 1. The first-order valence-electron chi connectivity index (χ1n) is 4.91. The maximum Gasteiger partial charge on any atom is 0.130 e. The number of rotatable bonds is 3. The van der Waals surface area contributed by atoms with Gasteiger partial charge in [-0.25, -0.2) is 4.68 Å². The molecule has 1 heterocycles. The number of hydrogen-bond donors (Lipinski definition) is 2. The van der Waals surface area contributed by atoms with Crippen LogP contribution in [0.2, 0.25) is 5.02 Å². The van der Waals surface area contributed by atoms with E-state index in [2.05, 4.69) is 5.10 Å². The van der Waals surface area contributed by atoms with Crippen molar-refractivity contribution in [1.29, 1.82) is 0 Å². The third-order valence-corrected chi connectivity index (χ3v) is 2.59. The maximum absolute atomic E-state index is 8.85. The number of hydrogen-bond acceptors (Lipinski definition) is 3. The maximum atomic E-state index is 8.85. The first kappa shape index (κ1) is 11.0. The summed E-state index contributed by atoms with van der Waals surface area (Å²) in [6.45, 7) is 0.0660. The van der Waals surface area contributed by atoms with E-state index in [0.717, 1.165) is 11.3 Å². The van der Waals surface area contributed by atoms with Gasteiger partial charge in [-0.05, 0) is 24.3 Å². The van der Waals surface area contributed by atoms with Gasteiger partial charge in [-0.15, -0.1) is 0 Å². The van der Waals surface area contributed by atoms with Gasteiger partial charge >= 0.3 is 0 Å². The zero-order chi connectivity index (χ0) is 11.5. The van der Waals surface area contributed by atoms with Gasteiger partial charge in [-0.2, -0.15) is 5.10 Å². The Morgan fingerprint density at radius 1 is 1.31 bits per heavy atom. The molecule has 0 bridgehead atoms. The molecule has 0 aliphatic rings. The molecule has 0 aliphatic carbocycles. The first-order valence-corrected chi connectivity index (χ1v) is 5.29. The second kappa shape index (κ2) is 4.55. The molecule has 0 saturated heterocycles. The van der Waals surface area contributed by atoms with E-state index < -0.39 is 0 Å². The highest BCUT2D eigenvalue weighted by Gasteiger charge is 2.08. The highest BCUT2D eigenvalue weighted by Crippen LogP contribution is 2.19. The van der Waals surface area contributed by atoms with Gasteiger partial charge in [-0.1, -0.05) is 11.6 Å². The summed E-state index contributed by atoms with van der Waals surface area (Å²) in [6, 6.07) is 7.25. The molecule has 0 spiro atoms. The molecule has 0 amide bonds. The molecule has 0 saturated carbocycles. The van der Waals surface area contributed by atoms with Gasteiger partial charge in [0.25, 0.3) is 0 Å². The van der Waals surface area contributed by atoms with Crippen molar-refractivity contribution in [3.05, 3.63) is 41.0 Å². The minimum absolute atomic E-state index is 0.0660. The average molecular weight is 238 g/mol. The number of nitrogens with two attached hydrogens (primary N) is 1. The summed E-state index contributed by atoms with van der Waals surface area (Å²) in [5, 5.41) is 13.7. The van der Waals surface area contributed by atoms with Gasteiger partial charge in [0.2, 0.25) is 0 Å². The second-order valence-corrected chi connectivity index (χ2v) is 3.85. The standard InChI is InChI=1S/C11H12ClN3O/c12-9-1-3-10(4-2-9)15-11(13)8(5-6-16)7-14-15/h1-4,7,16H,5-6,13H2. The molecule has 5 heteroatoms. The Bertz CT molecular complexity index is 478. The van der Waals surface area contributed by atoms with Crippen molar-refractivity contribution in [2.75, 3.05) is 12.3 Å². The molecule has 2 rings (SSSR count). The number of aliphatic hydroxyl groups is 1. The van der Waals surface area contributed by atoms with Crippen molar-refractivity contribution < 1.29 is 5.11 Å². The van der Waals surface area contributed by atoms with Crippen molar-refractivity contribution in [1.82, 2.24) is 9.78 Å². The van der Waals surface area contributed by atoms with E-state index in [0.29, 0.717) is 17.3 Å².